The lowest BCUT2D eigenvalue weighted by atomic mass is 10.3. The molecule has 0 aromatic heterocycles. The second-order valence-corrected chi connectivity index (χ2v) is 3.74. The standard InChI is InChI=1S/2C4H11NS.CH4/c1-2-4(5)3-6;1-2-4(6)3-5;/h2*4,6H,2-3,5H2,1H3;1H4. The Kier molecular flexibility index (Phi) is 22.4. The maximum Gasteiger partial charge on any atom is 0.0137 e. The van der Waals surface area contributed by atoms with Gasteiger partial charge in [-0.25, -0.2) is 0 Å². The van der Waals surface area contributed by atoms with Gasteiger partial charge in [0.1, 0.15) is 0 Å². The zero-order valence-electron chi connectivity index (χ0n) is 8.03. The summed E-state index contributed by atoms with van der Waals surface area (Å²) in [6, 6.07) is 0.299. The van der Waals surface area contributed by atoms with Crippen LogP contribution >= 0.6 is 25.3 Å². The van der Waals surface area contributed by atoms with Crippen molar-refractivity contribution in [1.82, 2.24) is 0 Å². The molecule has 2 unspecified atom stereocenters. The highest BCUT2D eigenvalue weighted by atomic mass is 32.1. The van der Waals surface area contributed by atoms with E-state index in [0.717, 1.165) is 18.6 Å². The first kappa shape index (κ1) is 19.2. The van der Waals surface area contributed by atoms with Crippen molar-refractivity contribution in [3.05, 3.63) is 0 Å². The molecule has 0 bridgehead atoms. The van der Waals surface area contributed by atoms with E-state index in [1.165, 1.54) is 0 Å². The summed E-state index contributed by atoms with van der Waals surface area (Å²) in [5.41, 5.74) is 10.6. The molecule has 0 rings (SSSR count). The van der Waals surface area contributed by atoms with Crippen LogP contribution in [0.4, 0.5) is 0 Å². The fourth-order valence-corrected chi connectivity index (χ4v) is 0.554. The topological polar surface area (TPSA) is 52.0 Å². The van der Waals surface area contributed by atoms with Crippen molar-refractivity contribution in [2.24, 2.45) is 11.5 Å². The van der Waals surface area contributed by atoms with Crippen LogP contribution in [0.2, 0.25) is 0 Å². The number of hydrogen-bond donors (Lipinski definition) is 4. The van der Waals surface area contributed by atoms with Crippen molar-refractivity contribution >= 4 is 25.3 Å². The minimum atomic E-state index is 0. The molecule has 0 radical (unpaired) electrons. The fraction of sp³-hybridized carbons (Fsp3) is 1.00. The minimum absolute atomic E-state index is 0. The van der Waals surface area contributed by atoms with Gasteiger partial charge in [0.15, 0.2) is 0 Å². The van der Waals surface area contributed by atoms with Crippen LogP contribution in [-0.4, -0.2) is 23.6 Å². The predicted molar refractivity (Wildman–Crippen MR) is 71.0 cm³/mol. The van der Waals surface area contributed by atoms with Gasteiger partial charge in [0.2, 0.25) is 0 Å². The molecule has 4 heteroatoms. The lowest BCUT2D eigenvalue weighted by Crippen LogP contribution is -2.19. The Labute approximate surface area is 94.7 Å². The highest BCUT2D eigenvalue weighted by molar-refractivity contribution is 7.81. The first-order valence-corrected chi connectivity index (χ1v) is 5.51. The van der Waals surface area contributed by atoms with Crippen LogP contribution in [0.1, 0.15) is 34.1 Å². The average molecular weight is 226 g/mol. The molecule has 0 aliphatic rings. The molecule has 0 aromatic rings. The van der Waals surface area contributed by atoms with E-state index >= 15 is 0 Å². The number of nitrogens with two attached hydrogens (primary N) is 2. The van der Waals surface area contributed by atoms with Gasteiger partial charge in [-0.05, 0) is 12.8 Å². The molecule has 2 atom stereocenters. The van der Waals surface area contributed by atoms with Crippen LogP contribution in [0.5, 0.6) is 0 Å². The molecular formula is C9H26N2S2. The van der Waals surface area contributed by atoms with E-state index in [9.17, 15) is 0 Å². The summed E-state index contributed by atoms with van der Waals surface area (Å²) in [7, 11) is 0. The monoisotopic (exact) mass is 226 g/mol. The smallest absolute Gasteiger partial charge is 0.0137 e. The van der Waals surface area contributed by atoms with Crippen molar-refractivity contribution in [1.29, 1.82) is 0 Å². The van der Waals surface area contributed by atoms with E-state index in [2.05, 4.69) is 39.1 Å². The molecule has 4 N–H and O–H groups in total. The van der Waals surface area contributed by atoms with E-state index in [-0.39, 0.29) is 7.43 Å². The van der Waals surface area contributed by atoms with Gasteiger partial charge in [-0.2, -0.15) is 25.3 Å². The Hall–Kier alpha value is 0.620. The third kappa shape index (κ3) is 19.2. The molecule has 0 saturated carbocycles. The van der Waals surface area contributed by atoms with Crippen LogP contribution in [0.25, 0.3) is 0 Å². The van der Waals surface area contributed by atoms with Gasteiger partial charge in [-0.1, -0.05) is 21.3 Å². The first-order valence-electron chi connectivity index (χ1n) is 4.36. The molecular weight excluding hydrogens is 200 g/mol. The summed E-state index contributed by atoms with van der Waals surface area (Å²) in [5.74, 6) is 0.802. The normalized spacial score (nSPS) is 13.4. The van der Waals surface area contributed by atoms with Crippen LogP contribution in [0.15, 0.2) is 0 Å². The van der Waals surface area contributed by atoms with Gasteiger partial charge < -0.3 is 11.5 Å². The zero-order chi connectivity index (χ0) is 9.98. The summed E-state index contributed by atoms with van der Waals surface area (Å²) < 4.78 is 0. The summed E-state index contributed by atoms with van der Waals surface area (Å²) in [5, 5.41) is 0.407. The molecule has 84 valence electrons. The minimum Gasteiger partial charge on any atom is -0.329 e. The molecule has 0 aromatic carbocycles. The SMILES string of the molecule is C.CCC(N)CS.CCC(S)CN. The van der Waals surface area contributed by atoms with E-state index in [1.54, 1.807) is 0 Å². The highest BCUT2D eigenvalue weighted by Gasteiger charge is 1.90. The van der Waals surface area contributed by atoms with Gasteiger partial charge >= 0.3 is 0 Å². The predicted octanol–water partition coefficient (Wildman–Crippen LogP) is 1.94. The van der Waals surface area contributed by atoms with Crippen molar-refractivity contribution in [3.8, 4) is 0 Å². The Balaban J connectivity index is -0.000000143. The highest BCUT2D eigenvalue weighted by Crippen LogP contribution is 1.94. The van der Waals surface area contributed by atoms with Crippen molar-refractivity contribution in [3.63, 3.8) is 0 Å². The van der Waals surface area contributed by atoms with Crippen LogP contribution in [-0.2, 0) is 0 Å². The van der Waals surface area contributed by atoms with Crippen LogP contribution in [0, 0.1) is 0 Å². The second kappa shape index (κ2) is 15.1. The Morgan fingerprint density at radius 2 is 1.69 bits per heavy atom. The molecule has 0 saturated heterocycles. The second-order valence-electron chi connectivity index (χ2n) is 2.65. The zero-order valence-corrected chi connectivity index (χ0v) is 9.82. The third-order valence-corrected chi connectivity index (χ3v) is 2.55. The average Bonchev–Trinajstić information content (AvgIpc) is 2.16. The molecule has 2 nitrogen and oxygen atoms in total. The lowest BCUT2D eigenvalue weighted by Gasteiger charge is -1.99. The number of thiol groups is 2. The third-order valence-electron chi connectivity index (χ3n) is 1.50. The Morgan fingerprint density at radius 1 is 1.23 bits per heavy atom. The van der Waals surface area contributed by atoms with E-state index in [4.69, 9.17) is 11.5 Å². The Bertz CT molecular complexity index is 64.0. The van der Waals surface area contributed by atoms with Crippen molar-refractivity contribution in [2.75, 3.05) is 12.3 Å². The molecule has 0 fully saturated rings. The van der Waals surface area contributed by atoms with Crippen LogP contribution < -0.4 is 11.5 Å². The summed E-state index contributed by atoms with van der Waals surface area (Å²) >= 11 is 8.08. The number of hydrogen-bond acceptors (Lipinski definition) is 4. The van der Waals surface area contributed by atoms with Crippen molar-refractivity contribution < 1.29 is 0 Å². The van der Waals surface area contributed by atoms with E-state index in [0.29, 0.717) is 17.8 Å². The molecule has 0 aliphatic heterocycles. The molecule has 13 heavy (non-hydrogen) atoms. The largest absolute Gasteiger partial charge is 0.329 e. The summed E-state index contributed by atoms with van der Waals surface area (Å²) in [6.45, 7) is 4.82. The molecule has 0 amide bonds. The lowest BCUT2D eigenvalue weighted by molar-refractivity contribution is 0.727. The maximum atomic E-state index is 5.40. The quantitative estimate of drug-likeness (QED) is 0.554. The van der Waals surface area contributed by atoms with Gasteiger partial charge in [-0.3, -0.25) is 0 Å². The summed E-state index contributed by atoms with van der Waals surface area (Å²) in [4.78, 5) is 0. The maximum absolute atomic E-state index is 5.40. The van der Waals surface area contributed by atoms with E-state index < -0.39 is 0 Å². The van der Waals surface area contributed by atoms with Gasteiger partial charge in [0.05, 0.1) is 0 Å². The molecule has 0 heterocycles. The van der Waals surface area contributed by atoms with Gasteiger partial charge in [0.25, 0.3) is 0 Å². The van der Waals surface area contributed by atoms with E-state index in [1.807, 2.05) is 0 Å². The summed E-state index contributed by atoms with van der Waals surface area (Å²) in [6.07, 6.45) is 2.10. The molecule has 0 aliphatic carbocycles. The van der Waals surface area contributed by atoms with Gasteiger partial charge in [-0.15, -0.1) is 0 Å². The van der Waals surface area contributed by atoms with Crippen LogP contribution in [0.3, 0.4) is 0 Å². The molecule has 0 spiro atoms. The first-order chi connectivity index (χ1) is 5.62. The van der Waals surface area contributed by atoms with Gasteiger partial charge in [0, 0.05) is 23.6 Å². The van der Waals surface area contributed by atoms with Crippen molar-refractivity contribution in [2.45, 2.75) is 45.4 Å². The Morgan fingerprint density at radius 3 is 1.69 bits per heavy atom. The fourth-order valence-electron chi connectivity index (χ4n) is 0.296. The number of rotatable bonds is 4.